The fourth-order valence-corrected chi connectivity index (χ4v) is 4.36. The third-order valence-electron chi connectivity index (χ3n) is 6.27. The molecule has 0 fully saturated rings. The Morgan fingerprint density at radius 1 is 0.829 bits per heavy atom. The average Bonchev–Trinajstić information content (AvgIpc) is 3.34. The first-order chi connectivity index (χ1) is 19.5. The number of thiol groups is 1. The number of phenolic OH excluding ortho intramolecular Hbond substituents is 1. The zero-order valence-corrected chi connectivity index (χ0v) is 22.6. The van der Waals surface area contributed by atoms with E-state index in [0.717, 1.165) is 16.5 Å². The average molecular weight is 586 g/mol. The van der Waals surface area contributed by atoms with E-state index in [1.54, 1.807) is 6.20 Å². The van der Waals surface area contributed by atoms with Gasteiger partial charge < -0.3 is 42.0 Å². The monoisotopic (exact) mass is 585 g/mol. The van der Waals surface area contributed by atoms with E-state index >= 15 is 0 Å². The van der Waals surface area contributed by atoms with Gasteiger partial charge in [0.2, 0.25) is 17.7 Å². The maximum atomic E-state index is 13.0. The van der Waals surface area contributed by atoms with E-state index in [1.165, 1.54) is 24.3 Å². The number of nitrogens with one attached hydrogen (secondary N) is 4. The molecule has 0 aliphatic rings. The minimum absolute atomic E-state index is 0.00978. The van der Waals surface area contributed by atoms with Gasteiger partial charge in [-0.3, -0.25) is 19.2 Å². The molecule has 0 spiro atoms. The van der Waals surface area contributed by atoms with Crippen LogP contribution in [0.2, 0.25) is 0 Å². The molecular formula is C27H31N5O8S. The highest BCUT2D eigenvalue weighted by atomic mass is 32.1. The number of carboxylic acid groups (broad SMARTS) is 2. The molecule has 4 unspecified atom stereocenters. The van der Waals surface area contributed by atoms with Gasteiger partial charge in [0.1, 0.15) is 23.9 Å². The second-order valence-corrected chi connectivity index (χ2v) is 9.71. The SMILES string of the molecule is NC(Cc1c[nH]c2ccccc12)C(=O)NC(CC(=O)O)C(=O)NC(CS)C(=O)NC(Cc1ccc(O)cc1)C(=O)O. The number of H-pyrrole nitrogens is 1. The summed E-state index contributed by atoms with van der Waals surface area (Å²) >= 11 is 4.06. The molecule has 218 valence electrons. The molecule has 3 rings (SSSR count). The number of amides is 3. The Hall–Kier alpha value is -4.56. The molecular weight excluding hydrogens is 554 g/mol. The van der Waals surface area contributed by atoms with Crippen LogP contribution in [-0.4, -0.2) is 79.9 Å². The normalized spacial score (nSPS) is 13.9. The van der Waals surface area contributed by atoms with Crippen molar-refractivity contribution >= 4 is 53.2 Å². The van der Waals surface area contributed by atoms with Crippen LogP contribution >= 0.6 is 12.6 Å². The lowest BCUT2D eigenvalue weighted by Crippen LogP contribution is -2.58. The van der Waals surface area contributed by atoms with Gasteiger partial charge in [-0.25, -0.2) is 4.79 Å². The van der Waals surface area contributed by atoms with Crippen LogP contribution in [0.25, 0.3) is 10.9 Å². The summed E-state index contributed by atoms with van der Waals surface area (Å²) in [5.74, 6) is -5.63. The number of carbonyl (C=O) groups excluding carboxylic acids is 3. The molecule has 0 aliphatic heterocycles. The van der Waals surface area contributed by atoms with Crippen LogP contribution in [0, 0.1) is 0 Å². The second kappa shape index (κ2) is 14.2. The Morgan fingerprint density at radius 3 is 2.07 bits per heavy atom. The quantitative estimate of drug-likeness (QED) is 0.115. The number of hydrogen-bond acceptors (Lipinski definition) is 8. The van der Waals surface area contributed by atoms with Gasteiger partial charge in [0.15, 0.2) is 0 Å². The number of aromatic nitrogens is 1. The van der Waals surface area contributed by atoms with Crippen molar-refractivity contribution in [2.75, 3.05) is 5.75 Å². The van der Waals surface area contributed by atoms with Gasteiger partial charge in [-0.2, -0.15) is 12.6 Å². The molecule has 3 amide bonds. The molecule has 0 bridgehead atoms. The van der Waals surface area contributed by atoms with Crippen molar-refractivity contribution < 1.29 is 39.3 Å². The van der Waals surface area contributed by atoms with Gasteiger partial charge in [0.25, 0.3) is 0 Å². The van der Waals surface area contributed by atoms with Crippen LogP contribution in [0.4, 0.5) is 0 Å². The molecule has 3 aromatic rings. The lowest BCUT2D eigenvalue weighted by Gasteiger charge is -2.24. The van der Waals surface area contributed by atoms with Gasteiger partial charge in [0.05, 0.1) is 12.5 Å². The fraction of sp³-hybridized carbons (Fsp3) is 0.296. The third-order valence-corrected chi connectivity index (χ3v) is 6.63. The first-order valence-electron chi connectivity index (χ1n) is 12.5. The number of nitrogens with two attached hydrogens (primary N) is 1. The molecule has 41 heavy (non-hydrogen) atoms. The summed E-state index contributed by atoms with van der Waals surface area (Å²) in [4.78, 5) is 64.8. The number of fused-ring (bicyclic) bond motifs is 1. The molecule has 0 saturated carbocycles. The van der Waals surface area contributed by atoms with E-state index in [4.69, 9.17) is 5.73 Å². The molecule has 13 nitrogen and oxygen atoms in total. The highest BCUT2D eigenvalue weighted by Crippen LogP contribution is 2.19. The zero-order chi connectivity index (χ0) is 30.1. The number of benzene rings is 2. The second-order valence-electron chi connectivity index (χ2n) is 9.34. The van der Waals surface area contributed by atoms with E-state index in [1.807, 2.05) is 24.3 Å². The maximum absolute atomic E-state index is 13.0. The summed E-state index contributed by atoms with van der Waals surface area (Å²) in [5, 5.41) is 36.1. The van der Waals surface area contributed by atoms with Crippen molar-refractivity contribution in [1.29, 1.82) is 0 Å². The molecule has 0 saturated heterocycles. The number of phenols is 1. The number of hydrogen-bond donors (Lipinski definition) is 9. The maximum Gasteiger partial charge on any atom is 0.326 e. The van der Waals surface area contributed by atoms with Crippen LogP contribution in [0.5, 0.6) is 5.75 Å². The summed E-state index contributed by atoms with van der Waals surface area (Å²) in [6, 6.07) is 7.73. The van der Waals surface area contributed by atoms with Crippen LogP contribution < -0.4 is 21.7 Å². The number of aromatic hydroxyl groups is 1. The Kier molecular flexibility index (Phi) is 10.7. The predicted molar refractivity (Wildman–Crippen MR) is 151 cm³/mol. The molecule has 0 aliphatic carbocycles. The first kappa shape index (κ1) is 31.0. The van der Waals surface area contributed by atoms with Gasteiger partial charge in [0, 0.05) is 29.3 Å². The van der Waals surface area contributed by atoms with Crippen LogP contribution in [0.15, 0.2) is 54.7 Å². The number of aromatic amines is 1. The highest BCUT2D eigenvalue weighted by Gasteiger charge is 2.31. The van der Waals surface area contributed by atoms with E-state index < -0.39 is 60.2 Å². The number of carbonyl (C=O) groups is 5. The van der Waals surface area contributed by atoms with Crippen molar-refractivity contribution in [3.8, 4) is 5.75 Å². The summed E-state index contributed by atoms with van der Waals surface area (Å²) in [5.41, 5.74) is 8.19. The topological polar surface area (TPSA) is 224 Å². The predicted octanol–water partition coefficient (Wildman–Crippen LogP) is -0.0705. The minimum atomic E-state index is -1.57. The number of para-hydroxylation sites is 1. The molecule has 9 N–H and O–H groups in total. The van der Waals surface area contributed by atoms with Gasteiger partial charge in [-0.15, -0.1) is 0 Å². The third kappa shape index (κ3) is 8.71. The van der Waals surface area contributed by atoms with Crippen LogP contribution in [-0.2, 0) is 36.8 Å². The van der Waals surface area contributed by atoms with Gasteiger partial charge >= 0.3 is 11.9 Å². The Bertz CT molecular complexity index is 1410. The largest absolute Gasteiger partial charge is 0.508 e. The standard InChI is InChI=1S/C27H31N5O8S/c28-18(10-15-12-29-19-4-2-1-3-17(15)19)24(36)30-20(11-23(34)35)25(37)32-22(13-41)26(38)31-21(27(39)40)9-14-5-7-16(33)8-6-14/h1-8,12,18,20-22,29,33,41H,9-11,13,28H2,(H,30,36)(H,31,38)(H,32,37)(H,34,35)(H,39,40). The van der Waals surface area contributed by atoms with Crippen molar-refractivity contribution in [2.45, 2.75) is 43.4 Å². The molecule has 2 aromatic carbocycles. The van der Waals surface area contributed by atoms with Crippen molar-refractivity contribution in [3.05, 3.63) is 65.9 Å². The van der Waals surface area contributed by atoms with Crippen molar-refractivity contribution in [3.63, 3.8) is 0 Å². The van der Waals surface area contributed by atoms with E-state index in [9.17, 15) is 39.3 Å². The summed E-state index contributed by atoms with van der Waals surface area (Å²) < 4.78 is 0. The Balaban J connectivity index is 1.64. The smallest absolute Gasteiger partial charge is 0.326 e. The highest BCUT2D eigenvalue weighted by molar-refractivity contribution is 7.80. The van der Waals surface area contributed by atoms with Crippen LogP contribution in [0.3, 0.4) is 0 Å². The Labute approximate surface area is 239 Å². The number of rotatable bonds is 14. The molecule has 1 heterocycles. The van der Waals surface area contributed by atoms with Crippen molar-refractivity contribution in [1.82, 2.24) is 20.9 Å². The molecule has 14 heteroatoms. The lowest BCUT2D eigenvalue weighted by atomic mass is 10.0. The zero-order valence-electron chi connectivity index (χ0n) is 21.7. The van der Waals surface area contributed by atoms with Crippen molar-refractivity contribution in [2.24, 2.45) is 5.73 Å². The van der Waals surface area contributed by atoms with Gasteiger partial charge in [-0.1, -0.05) is 30.3 Å². The fourth-order valence-electron chi connectivity index (χ4n) is 4.10. The number of carboxylic acids is 2. The molecule has 0 radical (unpaired) electrons. The molecule has 1 aromatic heterocycles. The first-order valence-corrected chi connectivity index (χ1v) is 13.2. The minimum Gasteiger partial charge on any atom is -0.508 e. The van der Waals surface area contributed by atoms with E-state index in [0.29, 0.717) is 5.56 Å². The number of aliphatic carboxylic acids is 2. The van der Waals surface area contributed by atoms with Crippen LogP contribution in [0.1, 0.15) is 17.5 Å². The van der Waals surface area contributed by atoms with Gasteiger partial charge in [-0.05, 0) is 35.7 Å². The van der Waals surface area contributed by atoms with E-state index in [-0.39, 0.29) is 24.3 Å². The van der Waals surface area contributed by atoms with E-state index in [2.05, 4.69) is 33.6 Å². The Morgan fingerprint density at radius 2 is 1.44 bits per heavy atom. The lowest BCUT2D eigenvalue weighted by molar-refractivity contribution is -0.143. The summed E-state index contributed by atoms with van der Waals surface area (Å²) in [6.07, 6.45) is 0.912. The summed E-state index contributed by atoms with van der Waals surface area (Å²) in [6.45, 7) is 0. The summed E-state index contributed by atoms with van der Waals surface area (Å²) in [7, 11) is 0. The molecule has 4 atom stereocenters.